The minimum atomic E-state index is -0.107. The molecule has 144 valence electrons. The predicted octanol–water partition coefficient (Wildman–Crippen LogP) is 4.78. The molecule has 0 amide bonds. The van der Waals surface area contributed by atoms with Crippen molar-refractivity contribution in [2.45, 2.75) is 71.8 Å². The normalized spacial score (nSPS) is 45.2. The van der Waals surface area contributed by atoms with Crippen molar-refractivity contribution >= 4 is 5.71 Å². The van der Waals surface area contributed by atoms with Gasteiger partial charge in [-0.2, -0.15) is 5.10 Å². The molecular weight excluding hydrogens is 320 g/mol. The molecule has 0 heterocycles. The molecule has 0 radical (unpaired) electrons. The Morgan fingerprint density at radius 1 is 1.08 bits per heavy atom. The zero-order valence-corrected chi connectivity index (χ0v) is 17.3. The van der Waals surface area contributed by atoms with E-state index in [1.54, 1.807) is 5.57 Å². The van der Waals surface area contributed by atoms with Gasteiger partial charge in [0.25, 0.3) is 0 Å². The zero-order chi connectivity index (χ0) is 18.7. The van der Waals surface area contributed by atoms with Crippen LogP contribution in [-0.4, -0.2) is 36.0 Å². The summed E-state index contributed by atoms with van der Waals surface area (Å²) in [6, 6.07) is 0. The average Bonchev–Trinajstić information content (AvgIpc) is 2.92. The van der Waals surface area contributed by atoms with E-state index >= 15 is 0 Å². The number of fused-ring (bicyclic) bond motifs is 5. The molecule has 4 aliphatic carbocycles. The lowest BCUT2D eigenvalue weighted by molar-refractivity contribution is -0.0279. The topological polar surface area (TPSA) is 35.8 Å². The monoisotopic (exact) mass is 356 g/mol. The summed E-state index contributed by atoms with van der Waals surface area (Å²) in [7, 11) is 4.03. The molecule has 0 aliphatic heterocycles. The van der Waals surface area contributed by atoms with E-state index < -0.39 is 0 Å². The Morgan fingerprint density at radius 3 is 2.54 bits per heavy atom. The van der Waals surface area contributed by atoms with Gasteiger partial charge < -0.3 is 10.1 Å². The molecule has 6 atom stereocenters. The second-order valence-electron chi connectivity index (χ2n) is 10.00. The fraction of sp³-hybridized carbons (Fsp3) is 0.783. The standard InChI is InChI=1S/C23H36N2O/c1-15(24-25(4)5)19-8-9-20-18-7-6-16-14-17(26)10-12-22(16,2)21(18)11-13-23(19,20)3/h6,8,17-18,20-21,26H,7,9-14H2,1-5H3/b24-15+/t17-,18?,20?,21?,22-,23+/m0/s1. The van der Waals surface area contributed by atoms with Gasteiger partial charge in [0, 0.05) is 14.1 Å². The summed E-state index contributed by atoms with van der Waals surface area (Å²) in [4.78, 5) is 0. The average molecular weight is 357 g/mol. The van der Waals surface area contributed by atoms with Crippen molar-refractivity contribution in [2.75, 3.05) is 14.1 Å². The molecule has 0 aromatic heterocycles. The lowest BCUT2D eigenvalue weighted by Gasteiger charge is -2.57. The first kappa shape index (κ1) is 18.3. The van der Waals surface area contributed by atoms with Crippen LogP contribution in [0.1, 0.15) is 65.7 Å². The third-order valence-corrected chi connectivity index (χ3v) is 8.40. The van der Waals surface area contributed by atoms with E-state index in [2.05, 4.69) is 32.9 Å². The summed E-state index contributed by atoms with van der Waals surface area (Å²) in [6.07, 6.45) is 13.0. The van der Waals surface area contributed by atoms with E-state index in [0.717, 1.165) is 30.6 Å². The molecule has 0 spiro atoms. The molecule has 3 unspecified atom stereocenters. The fourth-order valence-corrected chi connectivity index (χ4v) is 7.12. The molecule has 4 rings (SSSR count). The number of allylic oxidation sites excluding steroid dienone is 3. The van der Waals surface area contributed by atoms with Crippen LogP contribution in [0.25, 0.3) is 0 Å². The van der Waals surface area contributed by atoms with E-state index in [9.17, 15) is 5.11 Å². The lowest BCUT2D eigenvalue weighted by atomic mass is 9.47. The fourth-order valence-electron chi connectivity index (χ4n) is 7.12. The van der Waals surface area contributed by atoms with Gasteiger partial charge in [-0.25, -0.2) is 0 Å². The SMILES string of the molecule is C/C(=N\N(C)C)C1=CCC2C3CC=C4C[C@@H](O)CC[C@]4(C)C3CC[C@]12C. The lowest BCUT2D eigenvalue weighted by Crippen LogP contribution is -2.50. The number of aliphatic hydroxyl groups is 1. The molecule has 0 saturated heterocycles. The van der Waals surface area contributed by atoms with Gasteiger partial charge >= 0.3 is 0 Å². The van der Waals surface area contributed by atoms with Crippen molar-refractivity contribution in [3.8, 4) is 0 Å². The van der Waals surface area contributed by atoms with Gasteiger partial charge in [-0.15, -0.1) is 0 Å². The number of hydrazone groups is 1. The van der Waals surface area contributed by atoms with Crippen LogP contribution in [0.15, 0.2) is 28.4 Å². The van der Waals surface area contributed by atoms with Crippen molar-refractivity contribution in [1.29, 1.82) is 0 Å². The molecular formula is C23H36N2O. The van der Waals surface area contributed by atoms with Crippen LogP contribution in [0.2, 0.25) is 0 Å². The maximum absolute atomic E-state index is 10.2. The summed E-state index contributed by atoms with van der Waals surface area (Å²) in [6.45, 7) is 7.20. The second-order valence-corrected chi connectivity index (χ2v) is 10.00. The Morgan fingerprint density at radius 2 is 1.81 bits per heavy atom. The number of aliphatic hydroxyl groups excluding tert-OH is 1. The molecule has 26 heavy (non-hydrogen) atoms. The highest BCUT2D eigenvalue weighted by atomic mass is 16.3. The van der Waals surface area contributed by atoms with Gasteiger partial charge in [0.05, 0.1) is 11.8 Å². The van der Waals surface area contributed by atoms with Crippen LogP contribution in [0.4, 0.5) is 0 Å². The van der Waals surface area contributed by atoms with Crippen LogP contribution in [0.5, 0.6) is 0 Å². The Labute approximate surface area is 159 Å². The van der Waals surface area contributed by atoms with Gasteiger partial charge in [-0.1, -0.05) is 31.6 Å². The van der Waals surface area contributed by atoms with Gasteiger partial charge in [0.2, 0.25) is 0 Å². The summed E-state index contributed by atoms with van der Waals surface area (Å²) in [5.41, 5.74) is 4.91. The highest BCUT2D eigenvalue weighted by Crippen LogP contribution is 2.65. The van der Waals surface area contributed by atoms with Crippen LogP contribution in [-0.2, 0) is 0 Å². The third kappa shape index (κ3) is 2.61. The molecule has 3 heteroatoms. The van der Waals surface area contributed by atoms with Crippen molar-refractivity contribution < 1.29 is 5.11 Å². The quantitative estimate of drug-likeness (QED) is 0.439. The molecule has 1 N–H and O–H groups in total. The molecule has 4 aliphatic rings. The minimum absolute atomic E-state index is 0.107. The highest BCUT2D eigenvalue weighted by molar-refractivity contribution is 5.99. The Balaban J connectivity index is 1.63. The largest absolute Gasteiger partial charge is 0.393 e. The van der Waals surface area contributed by atoms with Gasteiger partial charge in [-0.3, -0.25) is 0 Å². The first-order valence-electron chi connectivity index (χ1n) is 10.6. The van der Waals surface area contributed by atoms with E-state index in [-0.39, 0.29) is 6.10 Å². The Bertz CT molecular complexity index is 676. The zero-order valence-electron chi connectivity index (χ0n) is 17.3. The van der Waals surface area contributed by atoms with Crippen LogP contribution in [0, 0.1) is 28.6 Å². The van der Waals surface area contributed by atoms with Crippen molar-refractivity contribution in [3.05, 3.63) is 23.3 Å². The maximum Gasteiger partial charge on any atom is 0.0608 e. The van der Waals surface area contributed by atoms with Crippen LogP contribution >= 0.6 is 0 Å². The molecule has 3 nitrogen and oxygen atoms in total. The Hall–Kier alpha value is -1.09. The summed E-state index contributed by atoms with van der Waals surface area (Å²) in [5, 5.41) is 16.8. The molecule has 2 saturated carbocycles. The minimum Gasteiger partial charge on any atom is -0.393 e. The second kappa shape index (κ2) is 6.22. The van der Waals surface area contributed by atoms with E-state index in [1.165, 1.54) is 43.4 Å². The predicted molar refractivity (Wildman–Crippen MR) is 108 cm³/mol. The first-order chi connectivity index (χ1) is 12.3. The smallest absolute Gasteiger partial charge is 0.0608 e. The number of nitrogens with zero attached hydrogens (tertiary/aromatic N) is 2. The van der Waals surface area contributed by atoms with Crippen LogP contribution < -0.4 is 0 Å². The number of rotatable bonds is 2. The highest BCUT2D eigenvalue weighted by Gasteiger charge is 2.56. The first-order valence-corrected chi connectivity index (χ1v) is 10.6. The van der Waals surface area contributed by atoms with Crippen molar-refractivity contribution in [2.24, 2.45) is 33.7 Å². The third-order valence-electron chi connectivity index (χ3n) is 8.40. The van der Waals surface area contributed by atoms with E-state index in [4.69, 9.17) is 5.10 Å². The maximum atomic E-state index is 10.2. The molecule has 0 aromatic carbocycles. The van der Waals surface area contributed by atoms with Crippen LogP contribution in [0.3, 0.4) is 0 Å². The van der Waals surface area contributed by atoms with E-state index in [1.807, 2.05) is 19.1 Å². The number of hydrogen-bond donors (Lipinski definition) is 1. The summed E-state index contributed by atoms with van der Waals surface area (Å²) in [5.74, 6) is 2.34. The molecule has 0 bridgehead atoms. The van der Waals surface area contributed by atoms with E-state index in [0.29, 0.717) is 10.8 Å². The van der Waals surface area contributed by atoms with Gasteiger partial charge in [0.15, 0.2) is 0 Å². The Kier molecular flexibility index (Phi) is 4.38. The van der Waals surface area contributed by atoms with Gasteiger partial charge in [-0.05, 0) is 86.0 Å². The summed E-state index contributed by atoms with van der Waals surface area (Å²) < 4.78 is 0. The molecule has 0 aromatic rings. The summed E-state index contributed by atoms with van der Waals surface area (Å²) >= 11 is 0. The molecule has 2 fully saturated rings. The van der Waals surface area contributed by atoms with Crippen molar-refractivity contribution in [3.63, 3.8) is 0 Å². The van der Waals surface area contributed by atoms with Crippen molar-refractivity contribution in [1.82, 2.24) is 5.01 Å². The number of hydrogen-bond acceptors (Lipinski definition) is 3. The van der Waals surface area contributed by atoms with Gasteiger partial charge in [0.1, 0.15) is 0 Å².